The lowest BCUT2D eigenvalue weighted by Gasteiger charge is -2.13. The van der Waals surface area contributed by atoms with E-state index in [4.69, 9.17) is 11.6 Å². The van der Waals surface area contributed by atoms with E-state index in [1.54, 1.807) is 25.1 Å². The first kappa shape index (κ1) is 20.9. The smallest absolute Gasteiger partial charge is 0.348 e. The molecule has 2 rings (SSSR count). The molecule has 9 heteroatoms. The first-order chi connectivity index (χ1) is 12.1. The van der Waals surface area contributed by atoms with Crippen molar-refractivity contribution in [3.05, 3.63) is 62.6 Å². The first-order valence-electron chi connectivity index (χ1n) is 7.45. The van der Waals surface area contributed by atoms with Crippen LogP contribution in [0.25, 0.3) is 0 Å². The Bertz CT molecular complexity index is 858. The molecule has 0 saturated carbocycles. The zero-order valence-electron chi connectivity index (χ0n) is 13.5. The molecule has 1 unspecified atom stereocenters. The molecule has 3 nitrogen and oxygen atoms in total. The molecule has 0 heterocycles. The van der Waals surface area contributed by atoms with Gasteiger partial charge < -0.3 is 5.32 Å². The van der Waals surface area contributed by atoms with Crippen molar-refractivity contribution in [1.82, 2.24) is 5.32 Å². The number of hydrogen-bond donors (Lipinski definition) is 1. The van der Waals surface area contributed by atoms with Gasteiger partial charge in [-0.25, -0.2) is 0 Å². The highest BCUT2D eigenvalue weighted by Gasteiger charge is 2.33. The number of rotatable bonds is 5. The molecule has 0 aliphatic carbocycles. The van der Waals surface area contributed by atoms with Crippen LogP contribution in [-0.2, 0) is 23.5 Å². The van der Waals surface area contributed by atoms with Crippen LogP contribution >= 0.6 is 27.5 Å². The van der Waals surface area contributed by atoms with Gasteiger partial charge in [0.25, 0.3) is 5.91 Å². The molecular formula is C17H14BrClF3NO2S. The van der Waals surface area contributed by atoms with Crippen molar-refractivity contribution in [3.63, 3.8) is 0 Å². The third-order valence-corrected chi connectivity index (χ3v) is 5.84. The number of alkyl halides is 3. The molecule has 0 aromatic heterocycles. The van der Waals surface area contributed by atoms with Crippen molar-refractivity contribution in [3.8, 4) is 0 Å². The van der Waals surface area contributed by atoms with Gasteiger partial charge in [0.15, 0.2) is 0 Å². The summed E-state index contributed by atoms with van der Waals surface area (Å²) in [5.41, 5.74) is -0.499. The maximum absolute atomic E-state index is 13.0. The number of amides is 1. The molecule has 0 bridgehead atoms. The summed E-state index contributed by atoms with van der Waals surface area (Å²) in [6.07, 6.45) is -4.58. The maximum Gasteiger partial charge on any atom is 0.417 e. The van der Waals surface area contributed by atoms with Crippen LogP contribution in [0.15, 0.2) is 45.8 Å². The Morgan fingerprint density at radius 1 is 1.23 bits per heavy atom. The van der Waals surface area contributed by atoms with Crippen molar-refractivity contribution in [2.45, 2.75) is 24.5 Å². The van der Waals surface area contributed by atoms with Crippen LogP contribution in [0.5, 0.6) is 0 Å². The number of carbonyl (C=O) groups is 1. The van der Waals surface area contributed by atoms with Gasteiger partial charge in [-0.1, -0.05) is 34.5 Å². The molecule has 0 fully saturated rings. The fourth-order valence-electron chi connectivity index (χ4n) is 2.23. The van der Waals surface area contributed by atoms with Crippen molar-refractivity contribution in [2.24, 2.45) is 0 Å². The minimum atomic E-state index is -4.58. The average Bonchev–Trinajstić information content (AvgIpc) is 2.58. The highest BCUT2D eigenvalue weighted by Crippen LogP contribution is 2.35. The molecule has 1 N–H and O–H groups in total. The van der Waals surface area contributed by atoms with E-state index >= 15 is 0 Å². The lowest BCUT2D eigenvalue weighted by Crippen LogP contribution is -2.24. The fraction of sp³-hybridized carbons (Fsp3) is 0.235. The molecule has 26 heavy (non-hydrogen) atoms. The summed E-state index contributed by atoms with van der Waals surface area (Å²) in [6, 6.07) is 8.04. The number of benzene rings is 2. The third-order valence-electron chi connectivity index (χ3n) is 3.50. The maximum atomic E-state index is 13.0. The molecule has 2 aromatic carbocycles. The van der Waals surface area contributed by atoms with E-state index in [9.17, 15) is 22.2 Å². The predicted octanol–water partition coefficient (Wildman–Crippen LogP) is 5.18. The second-order valence-electron chi connectivity index (χ2n) is 5.26. The summed E-state index contributed by atoms with van der Waals surface area (Å²) >= 11 is 8.78. The van der Waals surface area contributed by atoms with E-state index in [1.165, 1.54) is 12.1 Å². The summed E-state index contributed by atoms with van der Waals surface area (Å²) in [5.74, 6) is -0.277. The largest absolute Gasteiger partial charge is 0.417 e. The zero-order chi connectivity index (χ0) is 19.5. The van der Waals surface area contributed by atoms with Crippen LogP contribution in [0.3, 0.4) is 0 Å². The van der Waals surface area contributed by atoms with Crippen LogP contribution in [0.4, 0.5) is 13.2 Å². The van der Waals surface area contributed by atoms with Gasteiger partial charge in [-0.3, -0.25) is 9.00 Å². The molecule has 0 aliphatic rings. The van der Waals surface area contributed by atoms with Crippen molar-refractivity contribution >= 4 is 44.2 Å². The Morgan fingerprint density at radius 2 is 1.92 bits per heavy atom. The number of halogens is 5. The Kier molecular flexibility index (Phi) is 6.87. The molecule has 1 amide bonds. The molecular weight excluding hydrogens is 455 g/mol. The summed E-state index contributed by atoms with van der Waals surface area (Å²) in [7, 11) is -1.25. The Hall–Kier alpha value is -1.38. The SMILES string of the molecule is CCS(=O)c1ccc(Cl)cc1CNC(=O)c1ccc(Br)c(C(F)(F)F)c1. The lowest BCUT2D eigenvalue weighted by molar-refractivity contribution is -0.138. The summed E-state index contributed by atoms with van der Waals surface area (Å²) in [5, 5.41) is 2.96. The number of hydrogen-bond acceptors (Lipinski definition) is 2. The van der Waals surface area contributed by atoms with Gasteiger partial charge in [-0.05, 0) is 42.0 Å². The van der Waals surface area contributed by atoms with E-state index < -0.39 is 28.4 Å². The summed E-state index contributed by atoms with van der Waals surface area (Å²) in [6.45, 7) is 1.76. The second-order valence-corrected chi connectivity index (χ2v) is 8.26. The molecule has 0 aliphatic heterocycles. The molecule has 2 aromatic rings. The third kappa shape index (κ3) is 5.08. The number of nitrogens with one attached hydrogen (secondary N) is 1. The first-order valence-corrected chi connectivity index (χ1v) is 9.94. The van der Waals surface area contributed by atoms with Gasteiger partial charge >= 0.3 is 6.18 Å². The van der Waals surface area contributed by atoms with Crippen molar-refractivity contribution in [2.75, 3.05) is 5.75 Å². The Morgan fingerprint density at radius 3 is 2.54 bits per heavy atom. The highest BCUT2D eigenvalue weighted by molar-refractivity contribution is 9.10. The van der Waals surface area contributed by atoms with E-state index in [0.29, 0.717) is 21.2 Å². The fourth-order valence-corrected chi connectivity index (χ4v) is 3.85. The van der Waals surface area contributed by atoms with E-state index in [1.807, 2.05) is 0 Å². The van der Waals surface area contributed by atoms with Crippen LogP contribution in [0.1, 0.15) is 28.4 Å². The van der Waals surface area contributed by atoms with E-state index in [-0.39, 0.29) is 16.6 Å². The topological polar surface area (TPSA) is 46.2 Å². The molecule has 140 valence electrons. The minimum absolute atomic E-state index is 0.00210. The summed E-state index contributed by atoms with van der Waals surface area (Å²) in [4.78, 5) is 12.8. The van der Waals surface area contributed by atoms with Crippen molar-refractivity contribution < 1.29 is 22.2 Å². The molecule has 0 saturated heterocycles. The second kappa shape index (κ2) is 8.54. The van der Waals surface area contributed by atoms with Gasteiger partial charge in [0, 0.05) is 32.3 Å². The Balaban J connectivity index is 2.22. The van der Waals surface area contributed by atoms with Gasteiger partial charge in [-0.15, -0.1) is 0 Å². The van der Waals surface area contributed by atoms with Crippen LogP contribution < -0.4 is 5.32 Å². The highest BCUT2D eigenvalue weighted by atomic mass is 79.9. The van der Waals surface area contributed by atoms with E-state index in [2.05, 4.69) is 21.2 Å². The van der Waals surface area contributed by atoms with Gasteiger partial charge in [-0.2, -0.15) is 13.2 Å². The molecule has 0 spiro atoms. The van der Waals surface area contributed by atoms with Gasteiger partial charge in [0.1, 0.15) is 0 Å². The van der Waals surface area contributed by atoms with Crippen LogP contribution in [-0.4, -0.2) is 15.9 Å². The number of carbonyl (C=O) groups excluding carboxylic acids is 1. The monoisotopic (exact) mass is 467 g/mol. The van der Waals surface area contributed by atoms with E-state index in [0.717, 1.165) is 6.07 Å². The van der Waals surface area contributed by atoms with Crippen LogP contribution in [0, 0.1) is 0 Å². The average molecular weight is 469 g/mol. The van der Waals surface area contributed by atoms with Gasteiger partial charge in [0.2, 0.25) is 0 Å². The molecule has 0 radical (unpaired) electrons. The lowest BCUT2D eigenvalue weighted by atomic mass is 10.1. The van der Waals surface area contributed by atoms with Crippen molar-refractivity contribution in [1.29, 1.82) is 0 Å². The standard InChI is InChI=1S/C17H14BrClF3NO2S/c1-2-26(25)15-6-4-12(19)7-11(15)9-23-16(24)10-3-5-14(18)13(8-10)17(20,21)22/h3-8H,2,9H2,1H3,(H,23,24). The van der Waals surface area contributed by atoms with Crippen LogP contribution in [0.2, 0.25) is 5.02 Å². The quantitative estimate of drug-likeness (QED) is 0.657. The summed E-state index contributed by atoms with van der Waals surface area (Å²) < 4.78 is 50.8. The molecule has 1 atom stereocenters. The zero-order valence-corrected chi connectivity index (χ0v) is 16.7. The predicted molar refractivity (Wildman–Crippen MR) is 98.7 cm³/mol. The van der Waals surface area contributed by atoms with Gasteiger partial charge in [0.05, 0.1) is 16.4 Å². The Labute approximate surface area is 164 Å². The normalized spacial score (nSPS) is 12.7. The minimum Gasteiger partial charge on any atom is -0.348 e.